The predicted octanol–water partition coefficient (Wildman–Crippen LogP) is 2.36. The van der Waals surface area contributed by atoms with Crippen molar-refractivity contribution in [1.29, 1.82) is 0 Å². The van der Waals surface area contributed by atoms with Crippen molar-refractivity contribution in [3.05, 3.63) is 65.2 Å². The summed E-state index contributed by atoms with van der Waals surface area (Å²) in [6.07, 6.45) is 0. The average molecular weight is 362 g/mol. The van der Waals surface area contributed by atoms with Crippen LogP contribution in [0.25, 0.3) is 0 Å². The number of ether oxygens (including phenoxy) is 1. The van der Waals surface area contributed by atoms with Crippen LogP contribution in [0.5, 0.6) is 5.75 Å². The summed E-state index contributed by atoms with van der Waals surface area (Å²) in [5, 5.41) is 12.0. The fraction of sp³-hybridized carbons (Fsp3) is 0.316. The lowest BCUT2D eigenvalue weighted by atomic mass is 10.0. The number of halogens is 2. The lowest BCUT2D eigenvalue weighted by Crippen LogP contribution is -2.46. The van der Waals surface area contributed by atoms with Crippen molar-refractivity contribution in [2.45, 2.75) is 12.6 Å². The molecule has 26 heavy (non-hydrogen) atoms. The van der Waals surface area contributed by atoms with Gasteiger partial charge in [0, 0.05) is 25.2 Å². The summed E-state index contributed by atoms with van der Waals surface area (Å²) in [4.78, 5) is 14.7. The van der Waals surface area contributed by atoms with Crippen molar-refractivity contribution in [2.75, 3.05) is 26.3 Å². The Labute approximate surface area is 150 Å². The molecule has 0 aromatic heterocycles. The maximum atomic E-state index is 14.3. The van der Waals surface area contributed by atoms with Gasteiger partial charge in [0.15, 0.2) is 11.6 Å². The van der Waals surface area contributed by atoms with Gasteiger partial charge in [0.2, 0.25) is 5.91 Å². The maximum Gasteiger partial charge on any atom is 0.242 e. The van der Waals surface area contributed by atoms with E-state index in [0.717, 1.165) is 6.07 Å². The van der Waals surface area contributed by atoms with E-state index in [4.69, 9.17) is 4.74 Å². The Hall–Kier alpha value is -2.51. The molecule has 138 valence electrons. The Bertz CT molecular complexity index is 779. The van der Waals surface area contributed by atoms with Gasteiger partial charge in [-0.3, -0.25) is 9.69 Å². The largest absolute Gasteiger partial charge is 0.505 e. The fourth-order valence-corrected chi connectivity index (χ4v) is 2.98. The van der Waals surface area contributed by atoms with Gasteiger partial charge < -0.3 is 15.2 Å². The van der Waals surface area contributed by atoms with Crippen molar-refractivity contribution in [1.82, 2.24) is 10.2 Å². The van der Waals surface area contributed by atoms with Crippen LogP contribution in [0.2, 0.25) is 0 Å². The number of hydrogen-bond donors (Lipinski definition) is 2. The van der Waals surface area contributed by atoms with Crippen LogP contribution in [0.4, 0.5) is 8.78 Å². The third-order valence-corrected chi connectivity index (χ3v) is 4.34. The molecule has 7 heteroatoms. The molecule has 0 aliphatic carbocycles. The molecule has 5 nitrogen and oxygen atoms in total. The van der Waals surface area contributed by atoms with Gasteiger partial charge >= 0.3 is 0 Å². The number of morpholine rings is 1. The maximum absolute atomic E-state index is 14.3. The van der Waals surface area contributed by atoms with Crippen LogP contribution in [0, 0.1) is 11.6 Å². The monoisotopic (exact) mass is 362 g/mol. The first-order chi connectivity index (χ1) is 12.6. The minimum absolute atomic E-state index is 0.0747. The van der Waals surface area contributed by atoms with Crippen molar-refractivity contribution in [3.8, 4) is 5.75 Å². The highest BCUT2D eigenvalue weighted by Crippen LogP contribution is 2.25. The van der Waals surface area contributed by atoms with Gasteiger partial charge in [0.25, 0.3) is 0 Å². The normalized spacial score (nSPS) is 16.2. The van der Waals surface area contributed by atoms with Crippen molar-refractivity contribution >= 4 is 5.91 Å². The minimum atomic E-state index is -0.790. The van der Waals surface area contributed by atoms with Crippen molar-refractivity contribution in [3.63, 3.8) is 0 Å². The van der Waals surface area contributed by atoms with Crippen LogP contribution in [-0.4, -0.2) is 42.2 Å². The lowest BCUT2D eigenvalue weighted by molar-refractivity contribution is -0.128. The second-order valence-electron chi connectivity index (χ2n) is 6.08. The first-order valence-electron chi connectivity index (χ1n) is 8.37. The third kappa shape index (κ3) is 4.17. The second kappa shape index (κ2) is 8.25. The molecule has 0 bridgehead atoms. The second-order valence-corrected chi connectivity index (χ2v) is 6.08. The number of benzene rings is 2. The molecule has 1 aliphatic heterocycles. The number of carbonyl (C=O) groups excluding carboxylic acids is 1. The standard InChI is InChI=1S/C19H20F2N2O3/c20-15-4-2-1-3-14(15)18(23-7-9-26-10-8-23)19(25)22-12-13-5-6-17(24)16(21)11-13/h1-6,11,18,24H,7-10,12H2,(H,22,25). The molecule has 1 atom stereocenters. The van der Waals surface area contributed by atoms with E-state index in [9.17, 15) is 18.7 Å². The molecule has 1 heterocycles. The van der Waals surface area contributed by atoms with Gasteiger partial charge in [-0.05, 0) is 23.8 Å². The molecule has 1 fully saturated rings. The van der Waals surface area contributed by atoms with Gasteiger partial charge in [-0.15, -0.1) is 0 Å². The van der Waals surface area contributed by atoms with Crippen molar-refractivity contribution < 1.29 is 23.4 Å². The topological polar surface area (TPSA) is 61.8 Å². The molecule has 1 saturated heterocycles. The number of phenolic OH excluding ortho intramolecular Hbond substituents is 1. The number of amides is 1. The van der Waals surface area contributed by atoms with Gasteiger partial charge in [-0.1, -0.05) is 24.3 Å². The molecule has 1 unspecified atom stereocenters. The van der Waals surface area contributed by atoms with E-state index in [2.05, 4.69) is 5.32 Å². The zero-order valence-corrected chi connectivity index (χ0v) is 14.1. The number of phenols is 1. The van der Waals surface area contributed by atoms with Crippen LogP contribution in [0.15, 0.2) is 42.5 Å². The summed E-state index contributed by atoms with van der Waals surface area (Å²) < 4.78 is 33.1. The summed E-state index contributed by atoms with van der Waals surface area (Å²) in [6.45, 7) is 2.05. The Morgan fingerprint density at radius 2 is 1.88 bits per heavy atom. The molecule has 1 amide bonds. The lowest BCUT2D eigenvalue weighted by Gasteiger charge is -2.34. The summed E-state index contributed by atoms with van der Waals surface area (Å²) in [5.41, 5.74) is 0.798. The van der Waals surface area contributed by atoms with Crippen LogP contribution in [0.3, 0.4) is 0 Å². The van der Waals surface area contributed by atoms with Gasteiger partial charge in [-0.2, -0.15) is 0 Å². The van der Waals surface area contributed by atoms with E-state index in [1.807, 2.05) is 4.90 Å². The van der Waals surface area contributed by atoms with E-state index >= 15 is 0 Å². The molecule has 0 saturated carbocycles. The zero-order chi connectivity index (χ0) is 18.5. The molecule has 2 N–H and O–H groups in total. The Morgan fingerprint density at radius 3 is 2.58 bits per heavy atom. The Morgan fingerprint density at radius 1 is 1.15 bits per heavy atom. The van der Waals surface area contributed by atoms with E-state index < -0.39 is 23.4 Å². The van der Waals surface area contributed by atoms with E-state index in [0.29, 0.717) is 37.4 Å². The van der Waals surface area contributed by atoms with Gasteiger partial charge in [0.05, 0.1) is 13.2 Å². The van der Waals surface area contributed by atoms with Crippen LogP contribution in [0.1, 0.15) is 17.2 Å². The minimum Gasteiger partial charge on any atom is -0.505 e. The Balaban J connectivity index is 1.78. The van der Waals surface area contributed by atoms with E-state index in [1.165, 1.54) is 18.2 Å². The van der Waals surface area contributed by atoms with Crippen molar-refractivity contribution in [2.24, 2.45) is 0 Å². The highest BCUT2D eigenvalue weighted by molar-refractivity contribution is 5.83. The molecule has 3 rings (SSSR count). The summed E-state index contributed by atoms with van der Waals surface area (Å²) >= 11 is 0. The first-order valence-corrected chi connectivity index (χ1v) is 8.37. The quantitative estimate of drug-likeness (QED) is 0.857. The highest BCUT2D eigenvalue weighted by atomic mass is 19.1. The zero-order valence-electron chi connectivity index (χ0n) is 14.1. The van der Waals surface area contributed by atoms with E-state index in [-0.39, 0.29) is 12.5 Å². The summed E-state index contributed by atoms with van der Waals surface area (Å²) in [5.74, 6) is -2.02. The molecular formula is C19H20F2N2O3. The molecular weight excluding hydrogens is 342 g/mol. The highest BCUT2D eigenvalue weighted by Gasteiger charge is 2.30. The number of nitrogens with one attached hydrogen (secondary N) is 1. The number of aromatic hydroxyl groups is 1. The number of hydrogen-bond acceptors (Lipinski definition) is 4. The smallest absolute Gasteiger partial charge is 0.242 e. The predicted molar refractivity (Wildman–Crippen MR) is 91.4 cm³/mol. The molecule has 0 spiro atoms. The SMILES string of the molecule is O=C(NCc1ccc(O)c(F)c1)C(c1ccccc1F)N1CCOCC1. The molecule has 0 radical (unpaired) electrons. The molecule has 1 aliphatic rings. The fourth-order valence-electron chi connectivity index (χ4n) is 2.98. The molecule has 2 aromatic carbocycles. The third-order valence-electron chi connectivity index (χ3n) is 4.34. The molecule has 2 aromatic rings. The first kappa shape index (κ1) is 18.3. The number of carbonyl (C=O) groups is 1. The van der Waals surface area contributed by atoms with Crippen LogP contribution in [-0.2, 0) is 16.1 Å². The van der Waals surface area contributed by atoms with Crippen LogP contribution >= 0.6 is 0 Å². The van der Waals surface area contributed by atoms with Gasteiger partial charge in [0.1, 0.15) is 11.9 Å². The average Bonchev–Trinajstić information content (AvgIpc) is 2.65. The summed E-state index contributed by atoms with van der Waals surface area (Å²) in [7, 11) is 0. The van der Waals surface area contributed by atoms with Crippen LogP contribution < -0.4 is 5.32 Å². The summed E-state index contributed by atoms with van der Waals surface area (Å²) in [6, 6.07) is 9.30. The Kier molecular flexibility index (Phi) is 5.80. The van der Waals surface area contributed by atoms with Gasteiger partial charge in [-0.25, -0.2) is 8.78 Å². The number of nitrogens with zero attached hydrogens (tertiary/aromatic N) is 1. The number of rotatable bonds is 5. The van der Waals surface area contributed by atoms with E-state index in [1.54, 1.807) is 18.2 Å².